The minimum Gasteiger partial charge on any atom is -0.449 e. The Bertz CT molecular complexity index is 787. The van der Waals surface area contributed by atoms with Crippen LogP contribution in [0.25, 0.3) is 11.0 Å². The van der Waals surface area contributed by atoms with Crippen LogP contribution in [-0.4, -0.2) is 53.7 Å². The number of unbranched alkanes of at least 4 members (excludes halogenated alkanes) is 1. The molecule has 6 heteroatoms. The minimum absolute atomic E-state index is 0.184. The van der Waals surface area contributed by atoms with E-state index in [4.69, 9.17) is 9.72 Å². The van der Waals surface area contributed by atoms with Gasteiger partial charge in [-0.15, -0.1) is 0 Å². The van der Waals surface area contributed by atoms with Crippen LogP contribution in [0.3, 0.4) is 0 Å². The van der Waals surface area contributed by atoms with Gasteiger partial charge in [-0.25, -0.2) is 14.8 Å². The van der Waals surface area contributed by atoms with Crippen molar-refractivity contribution in [1.82, 2.24) is 14.9 Å². The van der Waals surface area contributed by atoms with Gasteiger partial charge in [-0.2, -0.15) is 0 Å². The molecule has 0 spiro atoms. The Labute approximate surface area is 167 Å². The van der Waals surface area contributed by atoms with Gasteiger partial charge in [0.1, 0.15) is 0 Å². The fourth-order valence-electron chi connectivity index (χ4n) is 3.66. The molecule has 0 bridgehead atoms. The summed E-state index contributed by atoms with van der Waals surface area (Å²) in [6.45, 7) is 9.68. The molecular formula is C22H32N4O2. The highest BCUT2D eigenvalue weighted by molar-refractivity contribution is 5.76. The monoisotopic (exact) mass is 384 g/mol. The van der Waals surface area contributed by atoms with Crippen molar-refractivity contribution in [3.05, 3.63) is 30.0 Å². The molecule has 1 aromatic carbocycles. The zero-order valence-electron chi connectivity index (χ0n) is 17.4. The first-order chi connectivity index (χ1) is 13.6. The van der Waals surface area contributed by atoms with Crippen molar-refractivity contribution in [2.75, 3.05) is 37.7 Å². The molecule has 1 fully saturated rings. The van der Waals surface area contributed by atoms with Gasteiger partial charge in [-0.3, -0.25) is 0 Å². The van der Waals surface area contributed by atoms with Gasteiger partial charge in [0.15, 0.2) is 5.82 Å². The van der Waals surface area contributed by atoms with E-state index in [1.807, 2.05) is 36.1 Å². The van der Waals surface area contributed by atoms with E-state index in [0.717, 1.165) is 48.5 Å². The molecule has 1 atom stereocenters. The van der Waals surface area contributed by atoms with E-state index in [1.165, 1.54) is 12.8 Å². The maximum absolute atomic E-state index is 12.4. The molecule has 1 aliphatic rings. The number of carbonyl (C=O) groups excluding carboxylic acids is 1. The third-order valence-corrected chi connectivity index (χ3v) is 5.54. The quantitative estimate of drug-likeness (QED) is 0.707. The summed E-state index contributed by atoms with van der Waals surface area (Å²) in [5.74, 6) is 1.39. The van der Waals surface area contributed by atoms with E-state index >= 15 is 0 Å². The highest BCUT2D eigenvalue weighted by Crippen LogP contribution is 2.21. The van der Waals surface area contributed by atoms with Crippen LogP contribution in [-0.2, 0) is 4.74 Å². The van der Waals surface area contributed by atoms with Crippen LogP contribution in [0.5, 0.6) is 0 Å². The second kappa shape index (κ2) is 9.71. The number of ether oxygens (including phenoxy) is 1. The predicted molar refractivity (Wildman–Crippen MR) is 113 cm³/mol. The lowest BCUT2D eigenvalue weighted by molar-refractivity contribution is 0.0830. The van der Waals surface area contributed by atoms with Crippen molar-refractivity contribution in [2.24, 2.45) is 5.92 Å². The summed E-state index contributed by atoms with van der Waals surface area (Å²) in [6, 6.07) is 7.93. The number of rotatable bonds is 7. The normalized spacial score (nSPS) is 15.7. The summed E-state index contributed by atoms with van der Waals surface area (Å²) in [4.78, 5) is 25.9. The van der Waals surface area contributed by atoms with E-state index in [1.54, 1.807) is 0 Å². The molecule has 1 saturated heterocycles. The van der Waals surface area contributed by atoms with Crippen molar-refractivity contribution in [3.63, 3.8) is 0 Å². The van der Waals surface area contributed by atoms with Crippen molar-refractivity contribution in [3.8, 4) is 0 Å². The zero-order chi connectivity index (χ0) is 19.9. The van der Waals surface area contributed by atoms with E-state index < -0.39 is 0 Å². The molecule has 1 unspecified atom stereocenters. The number of nitrogens with zero attached hydrogens (tertiary/aromatic N) is 4. The number of benzene rings is 1. The van der Waals surface area contributed by atoms with Crippen LogP contribution < -0.4 is 4.90 Å². The molecule has 0 radical (unpaired) electrons. The fourth-order valence-corrected chi connectivity index (χ4v) is 3.66. The summed E-state index contributed by atoms with van der Waals surface area (Å²) in [6.07, 6.45) is 4.38. The van der Waals surface area contributed by atoms with Gasteiger partial charge in [-0.05, 0) is 31.4 Å². The average molecular weight is 385 g/mol. The number of anilines is 1. The van der Waals surface area contributed by atoms with Crippen LogP contribution in [0.15, 0.2) is 24.3 Å². The average Bonchev–Trinajstić information content (AvgIpc) is 2.73. The predicted octanol–water partition coefficient (Wildman–Crippen LogP) is 4.41. The molecule has 152 valence electrons. The molecule has 1 aliphatic heterocycles. The Morgan fingerprint density at radius 3 is 2.43 bits per heavy atom. The maximum atomic E-state index is 12.4. The molecule has 0 N–H and O–H groups in total. The van der Waals surface area contributed by atoms with Gasteiger partial charge in [0.05, 0.1) is 23.3 Å². The maximum Gasteiger partial charge on any atom is 0.409 e. The van der Waals surface area contributed by atoms with Crippen molar-refractivity contribution >= 4 is 22.9 Å². The molecular weight excluding hydrogens is 352 g/mol. The van der Waals surface area contributed by atoms with E-state index in [9.17, 15) is 4.79 Å². The zero-order valence-corrected chi connectivity index (χ0v) is 17.4. The first-order valence-corrected chi connectivity index (χ1v) is 10.5. The highest BCUT2D eigenvalue weighted by atomic mass is 16.6. The topological polar surface area (TPSA) is 58.6 Å². The summed E-state index contributed by atoms with van der Waals surface area (Å²) in [5, 5.41) is 0. The Morgan fingerprint density at radius 2 is 1.79 bits per heavy atom. The van der Waals surface area contributed by atoms with Crippen molar-refractivity contribution < 1.29 is 9.53 Å². The Kier molecular flexibility index (Phi) is 7.06. The molecule has 0 saturated carbocycles. The van der Waals surface area contributed by atoms with Gasteiger partial charge in [0.2, 0.25) is 0 Å². The third kappa shape index (κ3) is 4.91. The van der Waals surface area contributed by atoms with Crippen LogP contribution >= 0.6 is 0 Å². The number of fused-ring (bicyclic) bond motifs is 1. The SMILES string of the molecule is CCCCC(CC)COC(=O)N1CCN(c2nc3ccccc3nc2C)CC1. The lowest BCUT2D eigenvalue weighted by atomic mass is 10.0. The Hall–Kier alpha value is -2.37. The lowest BCUT2D eigenvalue weighted by Gasteiger charge is -2.35. The van der Waals surface area contributed by atoms with Crippen molar-refractivity contribution in [1.29, 1.82) is 0 Å². The standard InChI is InChI=1S/C22H32N4O2/c1-4-6-9-18(5-2)16-28-22(27)26-14-12-25(13-15-26)21-17(3)23-19-10-7-8-11-20(19)24-21/h7-8,10-11,18H,4-6,9,12-16H2,1-3H3. The summed E-state index contributed by atoms with van der Waals surface area (Å²) >= 11 is 0. The van der Waals surface area contributed by atoms with Gasteiger partial charge in [0, 0.05) is 26.2 Å². The summed E-state index contributed by atoms with van der Waals surface area (Å²) < 4.78 is 5.59. The van der Waals surface area contributed by atoms with E-state index in [2.05, 4.69) is 23.7 Å². The number of carbonyl (C=O) groups is 1. The highest BCUT2D eigenvalue weighted by Gasteiger charge is 2.25. The van der Waals surface area contributed by atoms with Crippen LogP contribution in [0.1, 0.15) is 45.2 Å². The number of para-hydroxylation sites is 2. The first-order valence-electron chi connectivity index (χ1n) is 10.5. The number of piperazine rings is 1. The minimum atomic E-state index is -0.184. The number of aryl methyl sites for hydroxylation is 1. The van der Waals surface area contributed by atoms with Crippen LogP contribution in [0.4, 0.5) is 10.6 Å². The van der Waals surface area contributed by atoms with Gasteiger partial charge in [-0.1, -0.05) is 45.2 Å². The number of amides is 1. The largest absolute Gasteiger partial charge is 0.449 e. The summed E-state index contributed by atoms with van der Waals surface area (Å²) in [7, 11) is 0. The summed E-state index contributed by atoms with van der Waals surface area (Å²) in [5.41, 5.74) is 2.75. The molecule has 2 heterocycles. The van der Waals surface area contributed by atoms with Gasteiger partial charge < -0.3 is 14.5 Å². The third-order valence-electron chi connectivity index (χ3n) is 5.54. The molecule has 6 nitrogen and oxygen atoms in total. The fraction of sp³-hybridized carbons (Fsp3) is 0.591. The number of aromatic nitrogens is 2. The second-order valence-corrected chi connectivity index (χ2v) is 7.59. The number of hydrogen-bond donors (Lipinski definition) is 0. The molecule has 1 aromatic heterocycles. The van der Waals surface area contributed by atoms with Gasteiger partial charge >= 0.3 is 6.09 Å². The smallest absolute Gasteiger partial charge is 0.409 e. The molecule has 1 amide bonds. The number of hydrogen-bond acceptors (Lipinski definition) is 5. The van der Waals surface area contributed by atoms with Crippen molar-refractivity contribution in [2.45, 2.75) is 46.5 Å². The molecule has 3 rings (SSSR count). The van der Waals surface area contributed by atoms with E-state index in [0.29, 0.717) is 25.6 Å². The van der Waals surface area contributed by atoms with Gasteiger partial charge in [0.25, 0.3) is 0 Å². The molecule has 2 aromatic rings. The van der Waals surface area contributed by atoms with Crippen LogP contribution in [0.2, 0.25) is 0 Å². The van der Waals surface area contributed by atoms with E-state index in [-0.39, 0.29) is 6.09 Å². The first kappa shape index (κ1) is 20.4. The molecule has 0 aliphatic carbocycles. The second-order valence-electron chi connectivity index (χ2n) is 7.59. The van der Waals surface area contributed by atoms with Crippen LogP contribution in [0, 0.1) is 12.8 Å². The Morgan fingerprint density at radius 1 is 1.11 bits per heavy atom. The Balaban J connectivity index is 1.54. The lowest BCUT2D eigenvalue weighted by Crippen LogP contribution is -2.49. The molecule has 28 heavy (non-hydrogen) atoms.